The summed E-state index contributed by atoms with van der Waals surface area (Å²) in [6.45, 7) is 2.65. The number of halogens is 2. The van der Waals surface area contributed by atoms with Crippen molar-refractivity contribution in [3.63, 3.8) is 0 Å². The fourth-order valence-electron chi connectivity index (χ4n) is 1.54. The quantitative estimate of drug-likeness (QED) is 0.843. The summed E-state index contributed by atoms with van der Waals surface area (Å²) in [7, 11) is 0. The molecule has 0 aliphatic carbocycles. The SMILES string of the molecule is Cc1csc(CCNc2cc(F)c(Br)cc2N)n1. The molecule has 0 amide bonds. The maximum Gasteiger partial charge on any atom is 0.139 e. The van der Waals surface area contributed by atoms with E-state index in [9.17, 15) is 4.39 Å². The van der Waals surface area contributed by atoms with Crippen molar-refractivity contribution in [1.29, 1.82) is 0 Å². The van der Waals surface area contributed by atoms with Gasteiger partial charge in [0.25, 0.3) is 0 Å². The zero-order chi connectivity index (χ0) is 13.1. The first-order chi connectivity index (χ1) is 8.56. The molecule has 3 N–H and O–H groups in total. The van der Waals surface area contributed by atoms with Crippen LogP contribution in [0.4, 0.5) is 15.8 Å². The fourth-order valence-corrected chi connectivity index (χ4v) is 2.67. The van der Waals surface area contributed by atoms with Gasteiger partial charge in [0, 0.05) is 30.1 Å². The van der Waals surface area contributed by atoms with E-state index in [1.54, 1.807) is 17.4 Å². The number of nitrogens with two attached hydrogens (primary N) is 1. The average Bonchev–Trinajstić information content (AvgIpc) is 2.71. The lowest BCUT2D eigenvalue weighted by Crippen LogP contribution is -2.07. The summed E-state index contributed by atoms with van der Waals surface area (Å²) in [4.78, 5) is 4.36. The Morgan fingerprint density at radius 1 is 1.50 bits per heavy atom. The molecule has 0 bridgehead atoms. The summed E-state index contributed by atoms with van der Waals surface area (Å²) in [5, 5.41) is 6.20. The highest BCUT2D eigenvalue weighted by molar-refractivity contribution is 9.10. The van der Waals surface area contributed by atoms with Crippen LogP contribution >= 0.6 is 27.3 Å². The van der Waals surface area contributed by atoms with Crippen LogP contribution in [-0.4, -0.2) is 11.5 Å². The normalized spacial score (nSPS) is 10.6. The first-order valence-electron chi connectivity index (χ1n) is 5.45. The monoisotopic (exact) mass is 329 g/mol. The number of rotatable bonds is 4. The Morgan fingerprint density at radius 2 is 2.28 bits per heavy atom. The van der Waals surface area contributed by atoms with E-state index in [1.807, 2.05) is 12.3 Å². The lowest BCUT2D eigenvalue weighted by atomic mass is 10.2. The number of nitrogens with one attached hydrogen (secondary N) is 1. The van der Waals surface area contributed by atoms with Gasteiger partial charge in [-0.15, -0.1) is 11.3 Å². The van der Waals surface area contributed by atoms with Crippen molar-refractivity contribution in [2.75, 3.05) is 17.6 Å². The second-order valence-electron chi connectivity index (χ2n) is 3.91. The lowest BCUT2D eigenvalue weighted by molar-refractivity contribution is 0.622. The summed E-state index contributed by atoms with van der Waals surface area (Å²) in [5.74, 6) is -0.322. The molecule has 18 heavy (non-hydrogen) atoms. The summed E-state index contributed by atoms with van der Waals surface area (Å²) in [5.41, 5.74) is 7.97. The molecule has 1 aromatic carbocycles. The molecule has 0 saturated heterocycles. The molecule has 0 radical (unpaired) electrons. The van der Waals surface area contributed by atoms with Gasteiger partial charge in [-0.05, 0) is 28.9 Å². The van der Waals surface area contributed by atoms with Gasteiger partial charge in [-0.1, -0.05) is 0 Å². The van der Waals surface area contributed by atoms with Crippen LogP contribution in [0.1, 0.15) is 10.7 Å². The summed E-state index contributed by atoms with van der Waals surface area (Å²) in [6.07, 6.45) is 0.801. The van der Waals surface area contributed by atoms with Gasteiger partial charge in [-0.25, -0.2) is 9.37 Å². The molecule has 96 valence electrons. The number of nitrogen functional groups attached to an aromatic ring is 1. The van der Waals surface area contributed by atoms with E-state index in [1.165, 1.54) is 6.07 Å². The molecule has 0 aliphatic rings. The van der Waals surface area contributed by atoms with Crippen molar-refractivity contribution in [2.24, 2.45) is 0 Å². The topological polar surface area (TPSA) is 50.9 Å². The molecule has 2 rings (SSSR count). The molecule has 3 nitrogen and oxygen atoms in total. The van der Waals surface area contributed by atoms with E-state index in [4.69, 9.17) is 5.73 Å². The number of aryl methyl sites for hydroxylation is 1. The maximum atomic E-state index is 13.4. The van der Waals surface area contributed by atoms with Gasteiger partial charge in [0.05, 0.1) is 20.9 Å². The first-order valence-corrected chi connectivity index (χ1v) is 7.13. The zero-order valence-electron chi connectivity index (χ0n) is 9.84. The van der Waals surface area contributed by atoms with Crippen LogP contribution in [0.2, 0.25) is 0 Å². The van der Waals surface area contributed by atoms with Gasteiger partial charge in [-0.3, -0.25) is 0 Å². The van der Waals surface area contributed by atoms with Crippen molar-refractivity contribution in [3.8, 4) is 0 Å². The van der Waals surface area contributed by atoms with Crippen LogP contribution in [0.5, 0.6) is 0 Å². The van der Waals surface area contributed by atoms with Crippen molar-refractivity contribution in [3.05, 3.63) is 38.5 Å². The van der Waals surface area contributed by atoms with Crippen molar-refractivity contribution in [2.45, 2.75) is 13.3 Å². The fraction of sp³-hybridized carbons (Fsp3) is 0.250. The molecule has 0 fully saturated rings. The first kappa shape index (κ1) is 13.3. The van der Waals surface area contributed by atoms with Crippen LogP contribution in [0.15, 0.2) is 22.0 Å². The number of anilines is 2. The van der Waals surface area contributed by atoms with Crippen LogP contribution in [0.25, 0.3) is 0 Å². The highest BCUT2D eigenvalue weighted by Gasteiger charge is 2.06. The Labute approximate surface area is 117 Å². The minimum absolute atomic E-state index is 0.322. The molecule has 1 heterocycles. The Hall–Kier alpha value is -1.14. The highest BCUT2D eigenvalue weighted by Crippen LogP contribution is 2.26. The Balaban J connectivity index is 1.96. The Bertz CT molecular complexity index is 556. The van der Waals surface area contributed by atoms with Gasteiger partial charge in [0.2, 0.25) is 0 Å². The van der Waals surface area contributed by atoms with E-state index in [-0.39, 0.29) is 5.82 Å². The number of thiazole rings is 1. The summed E-state index contributed by atoms with van der Waals surface area (Å²) < 4.78 is 13.7. The number of nitrogens with zero attached hydrogens (tertiary/aromatic N) is 1. The molecule has 1 aromatic heterocycles. The van der Waals surface area contributed by atoms with Crippen LogP contribution in [-0.2, 0) is 6.42 Å². The number of hydrogen-bond acceptors (Lipinski definition) is 4. The van der Waals surface area contributed by atoms with Crippen LogP contribution in [0, 0.1) is 12.7 Å². The van der Waals surface area contributed by atoms with Crippen LogP contribution < -0.4 is 11.1 Å². The average molecular weight is 330 g/mol. The van der Waals surface area contributed by atoms with Crippen LogP contribution in [0.3, 0.4) is 0 Å². The maximum absolute atomic E-state index is 13.4. The summed E-state index contributed by atoms with van der Waals surface area (Å²) >= 11 is 4.73. The molecular weight excluding hydrogens is 317 g/mol. The highest BCUT2D eigenvalue weighted by atomic mass is 79.9. The van der Waals surface area contributed by atoms with Gasteiger partial charge < -0.3 is 11.1 Å². The van der Waals surface area contributed by atoms with Gasteiger partial charge in [-0.2, -0.15) is 0 Å². The van der Waals surface area contributed by atoms with Gasteiger partial charge in [0.1, 0.15) is 5.82 Å². The van der Waals surface area contributed by atoms with E-state index < -0.39 is 0 Å². The van der Waals surface area contributed by atoms with Crippen molar-refractivity contribution in [1.82, 2.24) is 4.98 Å². The Morgan fingerprint density at radius 3 is 2.94 bits per heavy atom. The molecule has 0 saturated carbocycles. The minimum Gasteiger partial charge on any atom is -0.397 e. The molecule has 0 aliphatic heterocycles. The number of hydrogen-bond donors (Lipinski definition) is 2. The molecule has 0 unspecified atom stereocenters. The molecule has 2 aromatic rings. The summed E-state index contributed by atoms with van der Waals surface area (Å²) in [6, 6.07) is 2.96. The zero-order valence-corrected chi connectivity index (χ0v) is 12.2. The van der Waals surface area contributed by atoms with Gasteiger partial charge >= 0.3 is 0 Å². The standard InChI is InChI=1S/C12H13BrFN3S/c1-7-6-18-12(17-7)2-3-16-11-5-9(14)8(13)4-10(11)15/h4-6,16H,2-3,15H2,1H3. The third-order valence-electron chi connectivity index (χ3n) is 2.41. The minimum atomic E-state index is -0.322. The Kier molecular flexibility index (Phi) is 4.19. The third-order valence-corrected chi connectivity index (χ3v) is 4.05. The third kappa shape index (κ3) is 3.20. The largest absolute Gasteiger partial charge is 0.397 e. The van der Waals surface area contributed by atoms with E-state index in [0.29, 0.717) is 22.4 Å². The number of aromatic nitrogens is 1. The van der Waals surface area contributed by atoms with E-state index >= 15 is 0 Å². The predicted octanol–water partition coefficient (Wildman–Crippen LogP) is 3.59. The van der Waals surface area contributed by atoms with Crippen molar-refractivity contribution >= 4 is 38.6 Å². The lowest BCUT2D eigenvalue weighted by Gasteiger charge is -2.09. The second kappa shape index (κ2) is 5.67. The van der Waals surface area contributed by atoms with E-state index in [0.717, 1.165) is 17.1 Å². The number of benzene rings is 1. The predicted molar refractivity (Wildman–Crippen MR) is 77.6 cm³/mol. The second-order valence-corrected chi connectivity index (χ2v) is 5.71. The van der Waals surface area contributed by atoms with Crippen molar-refractivity contribution < 1.29 is 4.39 Å². The smallest absolute Gasteiger partial charge is 0.139 e. The van der Waals surface area contributed by atoms with Gasteiger partial charge in [0.15, 0.2) is 0 Å². The molecule has 0 spiro atoms. The molecule has 6 heteroatoms. The molecular formula is C12H13BrFN3S. The van der Waals surface area contributed by atoms with E-state index in [2.05, 4.69) is 26.2 Å². The molecule has 0 atom stereocenters.